The van der Waals surface area contributed by atoms with Crippen molar-refractivity contribution in [1.29, 1.82) is 0 Å². The Morgan fingerprint density at radius 3 is 2.76 bits per heavy atom. The molecule has 0 bridgehead atoms. The molecule has 2 heterocycles. The first kappa shape index (κ1) is 12.2. The summed E-state index contributed by atoms with van der Waals surface area (Å²) in [6.45, 7) is -0.195. The summed E-state index contributed by atoms with van der Waals surface area (Å²) >= 11 is 4.98. The van der Waals surface area contributed by atoms with Crippen LogP contribution in [0.15, 0.2) is 18.3 Å². The van der Waals surface area contributed by atoms with Crippen molar-refractivity contribution in [3.05, 3.63) is 23.0 Å². The van der Waals surface area contributed by atoms with Gasteiger partial charge in [-0.1, -0.05) is 12.2 Å². The number of nitrogens with zero attached hydrogens (tertiary/aromatic N) is 1. The molecule has 0 aliphatic carbocycles. The molecule has 0 saturated carbocycles. The van der Waals surface area contributed by atoms with Gasteiger partial charge in [-0.25, -0.2) is 0 Å². The van der Waals surface area contributed by atoms with Crippen LogP contribution in [0.4, 0.5) is 9.57 Å². The number of H-pyrrole nitrogens is 1. The van der Waals surface area contributed by atoms with Gasteiger partial charge >= 0.3 is 10.2 Å². The number of hydrogen-bond donors (Lipinski definition) is 1. The maximum Gasteiger partial charge on any atom is 0.307 e. The third-order valence-electron chi connectivity index (χ3n) is 2.58. The molecule has 1 aliphatic heterocycles. The molecule has 1 unspecified atom stereocenters. The van der Waals surface area contributed by atoms with Gasteiger partial charge in [-0.2, -0.15) is 8.42 Å². The highest BCUT2D eigenvalue weighted by Gasteiger charge is 2.39. The second-order valence-corrected chi connectivity index (χ2v) is 5.72. The molecule has 0 radical (unpaired) electrons. The molecule has 92 valence electrons. The van der Waals surface area contributed by atoms with Crippen molar-refractivity contribution >= 4 is 34.0 Å². The Bertz CT molecular complexity index is 611. The highest BCUT2D eigenvalue weighted by Crippen LogP contribution is 2.25. The Labute approximate surface area is 102 Å². The van der Waals surface area contributed by atoms with Gasteiger partial charge in [0, 0.05) is 19.2 Å². The molecule has 1 fully saturated rings. The van der Waals surface area contributed by atoms with E-state index in [4.69, 9.17) is 12.2 Å². The van der Waals surface area contributed by atoms with Crippen LogP contribution in [-0.2, 0) is 15.0 Å². The number of carbonyl (C=O) groups excluding carboxylic acids is 1. The minimum absolute atomic E-state index is 0.195. The standard InChI is InChI=1S/C9H9FN2O3S2/c10-17(14,15)6-4-8(13)12(5-6)7-2-1-3-11-9(7)16/h1-3,6H,4-5H2,(H,11,16). The number of pyridine rings is 1. The number of halogens is 1. The minimum atomic E-state index is -4.70. The number of nitrogens with one attached hydrogen (secondary N) is 1. The molecule has 1 saturated heterocycles. The highest BCUT2D eigenvalue weighted by atomic mass is 32.3. The molecule has 0 spiro atoms. The summed E-state index contributed by atoms with van der Waals surface area (Å²) in [4.78, 5) is 15.5. The monoisotopic (exact) mass is 276 g/mol. The normalized spacial score (nSPS) is 20.9. The van der Waals surface area contributed by atoms with Crippen molar-refractivity contribution in [3.63, 3.8) is 0 Å². The van der Waals surface area contributed by atoms with Gasteiger partial charge in [-0.3, -0.25) is 4.79 Å². The lowest BCUT2D eigenvalue weighted by atomic mass is 10.4. The van der Waals surface area contributed by atoms with Crippen LogP contribution in [0.3, 0.4) is 0 Å². The maximum atomic E-state index is 12.8. The van der Waals surface area contributed by atoms with Crippen LogP contribution in [-0.4, -0.2) is 31.1 Å². The maximum absolute atomic E-state index is 12.8. The van der Waals surface area contributed by atoms with Crippen molar-refractivity contribution < 1.29 is 17.1 Å². The Morgan fingerprint density at radius 1 is 1.53 bits per heavy atom. The number of amides is 1. The van der Waals surface area contributed by atoms with E-state index in [1.165, 1.54) is 4.90 Å². The first-order chi connectivity index (χ1) is 7.89. The highest BCUT2D eigenvalue weighted by molar-refractivity contribution is 7.87. The summed E-state index contributed by atoms with van der Waals surface area (Å²) in [5.74, 6) is -0.443. The Balaban J connectivity index is 2.35. The SMILES string of the molecule is O=C1CC(S(=O)(=O)F)CN1c1ccc[nH]c1=S. The van der Waals surface area contributed by atoms with Gasteiger partial charge in [0.1, 0.15) is 9.89 Å². The smallest absolute Gasteiger partial charge is 0.307 e. The van der Waals surface area contributed by atoms with Gasteiger partial charge in [-0.15, -0.1) is 3.89 Å². The number of hydrogen-bond acceptors (Lipinski definition) is 4. The zero-order chi connectivity index (χ0) is 12.6. The first-order valence-corrected chi connectivity index (χ1v) is 6.66. The van der Waals surface area contributed by atoms with E-state index in [0.717, 1.165) is 0 Å². The van der Waals surface area contributed by atoms with E-state index in [1.54, 1.807) is 18.3 Å². The third-order valence-corrected chi connectivity index (χ3v) is 4.01. The summed E-state index contributed by atoms with van der Waals surface area (Å²) < 4.78 is 34.7. The van der Waals surface area contributed by atoms with Gasteiger partial charge in [0.05, 0.1) is 5.69 Å². The van der Waals surface area contributed by atoms with E-state index in [0.29, 0.717) is 10.3 Å². The molecule has 1 N–H and O–H groups in total. The van der Waals surface area contributed by atoms with Gasteiger partial charge in [-0.05, 0) is 12.1 Å². The van der Waals surface area contributed by atoms with Crippen LogP contribution >= 0.6 is 12.2 Å². The second-order valence-electron chi connectivity index (χ2n) is 3.69. The number of rotatable bonds is 2. The quantitative estimate of drug-likeness (QED) is 0.650. The molecular weight excluding hydrogens is 267 g/mol. The van der Waals surface area contributed by atoms with Crippen LogP contribution < -0.4 is 4.90 Å². The molecule has 2 rings (SSSR count). The molecule has 1 atom stereocenters. The van der Waals surface area contributed by atoms with Crippen LogP contribution in [0.2, 0.25) is 0 Å². The average molecular weight is 276 g/mol. The predicted molar refractivity (Wildman–Crippen MR) is 62.4 cm³/mol. The molecule has 1 aromatic heterocycles. The third kappa shape index (κ3) is 2.37. The van der Waals surface area contributed by atoms with Gasteiger partial charge < -0.3 is 9.88 Å². The van der Waals surface area contributed by atoms with Crippen molar-refractivity contribution in [2.45, 2.75) is 11.7 Å². The molecule has 8 heteroatoms. The van der Waals surface area contributed by atoms with E-state index >= 15 is 0 Å². The van der Waals surface area contributed by atoms with Crippen molar-refractivity contribution in [3.8, 4) is 0 Å². The van der Waals surface area contributed by atoms with Crippen molar-refractivity contribution in [1.82, 2.24) is 4.98 Å². The topological polar surface area (TPSA) is 70.2 Å². The van der Waals surface area contributed by atoms with Gasteiger partial charge in [0.15, 0.2) is 0 Å². The lowest BCUT2D eigenvalue weighted by molar-refractivity contribution is -0.117. The Kier molecular flexibility index (Phi) is 3.00. The molecule has 1 aliphatic rings. The molecule has 1 aromatic rings. The lowest BCUT2D eigenvalue weighted by Crippen LogP contribution is -2.27. The molecule has 5 nitrogen and oxygen atoms in total. The molecule has 0 aromatic carbocycles. The van der Waals surface area contributed by atoms with E-state index in [9.17, 15) is 17.1 Å². The first-order valence-electron chi connectivity index (χ1n) is 4.81. The lowest BCUT2D eigenvalue weighted by Gasteiger charge is -2.15. The van der Waals surface area contributed by atoms with Crippen LogP contribution in [0.25, 0.3) is 0 Å². The van der Waals surface area contributed by atoms with Crippen molar-refractivity contribution in [2.24, 2.45) is 0 Å². The fourth-order valence-electron chi connectivity index (χ4n) is 1.72. The zero-order valence-corrected chi connectivity index (χ0v) is 10.2. The molecular formula is C9H9FN2O3S2. The average Bonchev–Trinajstić information content (AvgIpc) is 2.61. The van der Waals surface area contributed by atoms with Crippen molar-refractivity contribution in [2.75, 3.05) is 11.4 Å². The predicted octanol–water partition coefficient (Wildman–Crippen LogP) is 1.15. The number of anilines is 1. The van der Waals surface area contributed by atoms with Crippen LogP contribution in [0.5, 0.6) is 0 Å². The van der Waals surface area contributed by atoms with E-state index in [-0.39, 0.29) is 13.0 Å². The van der Waals surface area contributed by atoms with Gasteiger partial charge in [0.2, 0.25) is 5.91 Å². The minimum Gasteiger partial charge on any atom is -0.351 e. The fraction of sp³-hybridized carbons (Fsp3) is 0.333. The summed E-state index contributed by atoms with van der Waals surface area (Å²) in [5.41, 5.74) is 0.402. The summed E-state index contributed by atoms with van der Waals surface area (Å²) in [5, 5.41) is -1.30. The summed E-state index contributed by atoms with van der Waals surface area (Å²) in [7, 11) is -4.70. The van der Waals surface area contributed by atoms with E-state index in [1.807, 2.05) is 0 Å². The van der Waals surface area contributed by atoms with E-state index < -0.39 is 21.4 Å². The summed E-state index contributed by atoms with van der Waals surface area (Å²) in [6, 6.07) is 3.22. The number of aromatic amines is 1. The number of aromatic nitrogens is 1. The molecule has 17 heavy (non-hydrogen) atoms. The fourth-order valence-corrected chi connectivity index (χ4v) is 2.64. The largest absolute Gasteiger partial charge is 0.351 e. The van der Waals surface area contributed by atoms with Gasteiger partial charge in [0.25, 0.3) is 0 Å². The van der Waals surface area contributed by atoms with Crippen LogP contribution in [0.1, 0.15) is 6.42 Å². The summed E-state index contributed by atoms with van der Waals surface area (Å²) in [6.07, 6.45) is 1.25. The Morgan fingerprint density at radius 2 is 2.24 bits per heavy atom. The van der Waals surface area contributed by atoms with Crippen LogP contribution in [0, 0.1) is 4.64 Å². The van der Waals surface area contributed by atoms with E-state index in [2.05, 4.69) is 4.98 Å². The molecule has 1 amide bonds. The zero-order valence-electron chi connectivity index (χ0n) is 8.59. The second kappa shape index (κ2) is 4.19. The Hall–Kier alpha value is -1.28. The number of carbonyl (C=O) groups is 1.